The monoisotopic (exact) mass is 360 g/mol. The summed E-state index contributed by atoms with van der Waals surface area (Å²) in [4.78, 5) is 13.7. The third kappa shape index (κ3) is 3.46. The molecule has 0 saturated carbocycles. The summed E-state index contributed by atoms with van der Waals surface area (Å²) in [5.74, 6) is 0.386. The average molecular weight is 360 g/mol. The van der Waals surface area contributed by atoms with Gasteiger partial charge < -0.3 is 9.64 Å². The number of hydrogen-bond donors (Lipinski definition) is 1. The van der Waals surface area contributed by atoms with E-state index in [1.54, 1.807) is 41.3 Å². The van der Waals surface area contributed by atoms with Gasteiger partial charge in [0.15, 0.2) is 0 Å². The zero-order chi connectivity index (χ0) is 18.0. The molecule has 1 amide bonds. The van der Waals surface area contributed by atoms with Crippen molar-refractivity contribution in [3.63, 3.8) is 0 Å². The third-order valence-electron chi connectivity index (χ3n) is 4.17. The number of carbonyl (C=O) groups is 1. The van der Waals surface area contributed by atoms with E-state index in [4.69, 9.17) is 4.74 Å². The van der Waals surface area contributed by atoms with Crippen LogP contribution in [0.5, 0.6) is 5.75 Å². The summed E-state index contributed by atoms with van der Waals surface area (Å²) >= 11 is 0. The minimum atomic E-state index is -3.77. The van der Waals surface area contributed by atoms with Crippen LogP contribution in [0.2, 0.25) is 0 Å². The van der Waals surface area contributed by atoms with E-state index in [1.165, 1.54) is 13.2 Å². The third-order valence-corrected chi connectivity index (χ3v) is 5.59. The quantitative estimate of drug-likeness (QED) is 0.889. The molecule has 7 heteroatoms. The molecule has 0 bridgehead atoms. The van der Waals surface area contributed by atoms with Crippen LogP contribution in [0.3, 0.4) is 0 Å². The van der Waals surface area contributed by atoms with Gasteiger partial charge in [0, 0.05) is 24.3 Å². The van der Waals surface area contributed by atoms with Gasteiger partial charge in [-0.3, -0.25) is 9.52 Å². The summed E-state index contributed by atoms with van der Waals surface area (Å²) < 4.78 is 33.0. The second-order valence-electron chi connectivity index (χ2n) is 5.91. The van der Waals surface area contributed by atoms with E-state index < -0.39 is 10.0 Å². The Kier molecular flexibility index (Phi) is 4.67. The van der Waals surface area contributed by atoms with Gasteiger partial charge in [0.25, 0.3) is 10.0 Å². The van der Waals surface area contributed by atoms with Crippen molar-refractivity contribution in [2.24, 2.45) is 0 Å². The SMILES string of the molecule is COc1ccccc1S(=O)(=O)Nc1ccc(N2CCCC2=O)c(C)c1. The van der Waals surface area contributed by atoms with E-state index in [-0.39, 0.29) is 16.6 Å². The van der Waals surface area contributed by atoms with Crippen LogP contribution in [0.1, 0.15) is 18.4 Å². The first-order chi connectivity index (χ1) is 11.9. The molecular weight excluding hydrogens is 340 g/mol. The van der Waals surface area contributed by atoms with Gasteiger partial charge in [-0.15, -0.1) is 0 Å². The van der Waals surface area contributed by atoms with Gasteiger partial charge in [-0.25, -0.2) is 8.42 Å². The molecule has 0 aromatic heterocycles. The number of sulfonamides is 1. The van der Waals surface area contributed by atoms with Gasteiger partial charge in [-0.1, -0.05) is 12.1 Å². The average Bonchev–Trinajstić information content (AvgIpc) is 3.00. The van der Waals surface area contributed by atoms with Crippen molar-refractivity contribution >= 4 is 27.3 Å². The maximum absolute atomic E-state index is 12.6. The lowest BCUT2D eigenvalue weighted by atomic mass is 10.1. The highest BCUT2D eigenvalue weighted by molar-refractivity contribution is 7.92. The van der Waals surface area contributed by atoms with Gasteiger partial charge in [0.05, 0.1) is 7.11 Å². The lowest BCUT2D eigenvalue weighted by Crippen LogP contribution is -2.24. The van der Waals surface area contributed by atoms with Crippen LogP contribution in [0.25, 0.3) is 0 Å². The Morgan fingerprint density at radius 2 is 1.92 bits per heavy atom. The molecule has 1 aliphatic heterocycles. The number of nitrogens with zero attached hydrogens (tertiary/aromatic N) is 1. The first kappa shape index (κ1) is 17.3. The molecule has 1 aliphatic rings. The molecule has 2 aromatic rings. The smallest absolute Gasteiger partial charge is 0.265 e. The van der Waals surface area contributed by atoms with E-state index >= 15 is 0 Å². The standard InChI is InChI=1S/C18H20N2O4S/c1-13-12-14(9-10-15(13)20-11-5-8-18(20)21)19-25(22,23)17-7-4-3-6-16(17)24-2/h3-4,6-7,9-10,12,19H,5,8,11H2,1-2H3. The molecule has 1 heterocycles. The first-order valence-corrected chi connectivity index (χ1v) is 9.47. The number of ether oxygens (including phenoxy) is 1. The summed E-state index contributed by atoms with van der Waals surface area (Å²) in [7, 11) is -2.34. The topological polar surface area (TPSA) is 75.7 Å². The molecule has 0 atom stereocenters. The number of anilines is 2. The van der Waals surface area contributed by atoms with Crippen molar-refractivity contribution < 1.29 is 17.9 Å². The lowest BCUT2D eigenvalue weighted by molar-refractivity contribution is -0.117. The summed E-state index contributed by atoms with van der Waals surface area (Å²) in [5, 5.41) is 0. The largest absolute Gasteiger partial charge is 0.495 e. The molecule has 0 spiro atoms. The molecule has 0 unspecified atom stereocenters. The Balaban J connectivity index is 1.88. The molecule has 6 nitrogen and oxygen atoms in total. The minimum absolute atomic E-state index is 0.0777. The normalized spacial score (nSPS) is 14.6. The number of amides is 1. The number of rotatable bonds is 5. The minimum Gasteiger partial charge on any atom is -0.495 e. The maximum atomic E-state index is 12.6. The molecule has 0 aliphatic carbocycles. The predicted molar refractivity (Wildman–Crippen MR) is 96.6 cm³/mol. The van der Waals surface area contributed by atoms with Crippen LogP contribution in [0, 0.1) is 6.92 Å². The van der Waals surface area contributed by atoms with E-state index in [0.717, 1.165) is 17.7 Å². The second-order valence-corrected chi connectivity index (χ2v) is 7.56. The van der Waals surface area contributed by atoms with Crippen molar-refractivity contribution in [2.75, 3.05) is 23.3 Å². The fourth-order valence-electron chi connectivity index (χ4n) is 2.98. The fraction of sp³-hybridized carbons (Fsp3) is 0.278. The number of benzene rings is 2. The maximum Gasteiger partial charge on any atom is 0.265 e. The summed E-state index contributed by atoms with van der Waals surface area (Å²) in [6.07, 6.45) is 1.40. The Morgan fingerprint density at radius 1 is 1.16 bits per heavy atom. The van der Waals surface area contributed by atoms with Crippen LogP contribution < -0.4 is 14.4 Å². The van der Waals surface area contributed by atoms with E-state index in [1.807, 2.05) is 6.92 Å². The molecule has 2 aromatic carbocycles. The van der Waals surface area contributed by atoms with Crippen molar-refractivity contribution in [3.8, 4) is 5.75 Å². The van der Waals surface area contributed by atoms with E-state index in [2.05, 4.69) is 4.72 Å². The van der Waals surface area contributed by atoms with Gasteiger partial charge in [0.1, 0.15) is 10.6 Å². The number of methoxy groups -OCH3 is 1. The number of aryl methyl sites for hydroxylation is 1. The second kappa shape index (κ2) is 6.76. The van der Waals surface area contributed by atoms with Gasteiger partial charge in [-0.05, 0) is 49.2 Å². The van der Waals surface area contributed by atoms with Gasteiger partial charge in [-0.2, -0.15) is 0 Å². The van der Waals surface area contributed by atoms with E-state index in [0.29, 0.717) is 18.7 Å². The Labute approximate surface area is 147 Å². The van der Waals surface area contributed by atoms with Crippen LogP contribution in [-0.2, 0) is 14.8 Å². The number of carbonyl (C=O) groups excluding carboxylic acids is 1. The number of para-hydroxylation sites is 1. The van der Waals surface area contributed by atoms with Crippen molar-refractivity contribution in [1.82, 2.24) is 0 Å². The Hall–Kier alpha value is -2.54. The zero-order valence-electron chi connectivity index (χ0n) is 14.2. The van der Waals surface area contributed by atoms with Gasteiger partial charge in [0.2, 0.25) is 5.91 Å². The molecule has 1 N–H and O–H groups in total. The summed E-state index contributed by atoms with van der Waals surface area (Å²) in [6.45, 7) is 2.56. The zero-order valence-corrected chi connectivity index (χ0v) is 15.0. The summed E-state index contributed by atoms with van der Waals surface area (Å²) in [6, 6.07) is 11.6. The lowest BCUT2D eigenvalue weighted by Gasteiger charge is -2.19. The number of nitrogens with one attached hydrogen (secondary N) is 1. The molecule has 3 rings (SSSR count). The Bertz CT molecular complexity index is 909. The molecule has 132 valence electrons. The van der Waals surface area contributed by atoms with Crippen LogP contribution in [0.4, 0.5) is 11.4 Å². The molecular formula is C18H20N2O4S. The number of hydrogen-bond acceptors (Lipinski definition) is 4. The Morgan fingerprint density at radius 3 is 2.56 bits per heavy atom. The van der Waals surface area contributed by atoms with Gasteiger partial charge >= 0.3 is 0 Å². The predicted octanol–water partition coefficient (Wildman–Crippen LogP) is 2.93. The molecule has 25 heavy (non-hydrogen) atoms. The first-order valence-electron chi connectivity index (χ1n) is 7.99. The molecule has 1 fully saturated rings. The highest BCUT2D eigenvalue weighted by atomic mass is 32.2. The van der Waals surface area contributed by atoms with Crippen molar-refractivity contribution in [1.29, 1.82) is 0 Å². The van der Waals surface area contributed by atoms with Crippen LogP contribution >= 0.6 is 0 Å². The van der Waals surface area contributed by atoms with E-state index in [9.17, 15) is 13.2 Å². The molecule has 1 saturated heterocycles. The highest BCUT2D eigenvalue weighted by Crippen LogP contribution is 2.30. The molecule has 0 radical (unpaired) electrons. The van der Waals surface area contributed by atoms with Crippen molar-refractivity contribution in [3.05, 3.63) is 48.0 Å². The van der Waals surface area contributed by atoms with Crippen LogP contribution in [-0.4, -0.2) is 28.0 Å². The van der Waals surface area contributed by atoms with Crippen LogP contribution in [0.15, 0.2) is 47.4 Å². The fourth-order valence-corrected chi connectivity index (χ4v) is 4.20. The van der Waals surface area contributed by atoms with Crippen molar-refractivity contribution in [2.45, 2.75) is 24.7 Å². The summed E-state index contributed by atoms with van der Waals surface area (Å²) in [5.41, 5.74) is 2.11. The highest BCUT2D eigenvalue weighted by Gasteiger charge is 2.24.